The van der Waals surface area contributed by atoms with Crippen molar-refractivity contribution in [1.82, 2.24) is 20.4 Å². The average molecular weight is 508 g/mol. The smallest absolute Gasteiger partial charge is 0.410 e. The summed E-state index contributed by atoms with van der Waals surface area (Å²) in [7, 11) is 0. The highest BCUT2D eigenvalue weighted by Gasteiger charge is 2.64. The van der Waals surface area contributed by atoms with Crippen molar-refractivity contribution in [2.45, 2.75) is 82.5 Å². The van der Waals surface area contributed by atoms with Gasteiger partial charge < -0.3 is 26.8 Å². The van der Waals surface area contributed by atoms with E-state index in [2.05, 4.69) is 34.4 Å². The quantitative estimate of drug-likeness (QED) is 0.377. The molecule has 8 unspecified atom stereocenters. The van der Waals surface area contributed by atoms with Crippen molar-refractivity contribution in [3.63, 3.8) is 0 Å². The molecule has 36 heavy (non-hydrogen) atoms. The third kappa shape index (κ3) is 4.63. The van der Waals surface area contributed by atoms with Crippen molar-refractivity contribution in [2.24, 2.45) is 33.2 Å². The molecule has 202 valence electrons. The van der Waals surface area contributed by atoms with Crippen LogP contribution < -0.4 is 22.1 Å². The number of amides is 2. The number of carbonyl (C=O) groups is 2. The number of hydrogen-bond acceptors (Lipinski definition) is 8. The fourth-order valence-corrected chi connectivity index (χ4v) is 7.49. The molecule has 0 spiro atoms. The van der Waals surface area contributed by atoms with Crippen LogP contribution in [0.15, 0.2) is 4.99 Å². The maximum absolute atomic E-state index is 14.7. The molecule has 0 aromatic heterocycles. The number of aliphatic imine (C=N–C) groups is 1. The number of hydrogen-bond donors (Lipinski definition) is 4. The summed E-state index contributed by atoms with van der Waals surface area (Å²) >= 11 is 0. The van der Waals surface area contributed by atoms with E-state index in [0.717, 1.165) is 38.9 Å². The van der Waals surface area contributed by atoms with Gasteiger partial charge in [0.1, 0.15) is 12.8 Å². The van der Waals surface area contributed by atoms with Gasteiger partial charge >= 0.3 is 6.09 Å². The number of fused-ring (bicyclic) bond motifs is 2. The topological polar surface area (TPSA) is 138 Å². The largest absolute Gasteiger partial charge is 0.447 e. The Morgan fingerprint density at radius 2 is 2.19 bits per heavy atom. The van der Waals surface area contributed by atoms with E-state index in [1.807, 2.05) is 0 Å². The van der Waals surface area contributed by atoms with Gasteiger partial charge in [0.05, 0.1) is 30.2 Å². The van der Waals surface area contributed by atoms with Gasteiger partial charge in [0.2, 0.25) is 5.91 Å². The Bertz CT molecular complexity index is 890. The number of ether oxygens (including phenoxy) is 1. The first-order valence-electron chi connectivity index (χ1n) is 13.5. The maximum atomic E-state index is 14.7. The molecular formula is C25H42FN7O3. The van der Waals surface area contributed by atoms with Crippen LogP contribution in [0.5, 0.6) is 0 Å². The second-order valence-electron chi connectivity index (χ2n) is 11.9. The highest BCUT2D eigenvalue weighted by molar-refractivity contribution is 5.81. The van der Waals surface area contributed by atoms with E-state index >= 15 is 0 Å². The van der Waals surface area contributed by atoms with Crippen LogP contribution in [0.3, 0.4) is 0 Å². The number of nitrogens with zero attached hydrogens (tertiary/aromatic N) is 3. The van der Waals surface area contributed by atoms with E-state index in [1.165, 1.54) is 6.21 Å². The minimum atomic E-state index is -1.12. The number of alkyl halides is 1. The zero-order valence-electron chi connectivity index (χ0n) is 21.5. The number of carbonyl (C=O) groups excluding carboxylic acids is 2. The van der Waals surface area contributed by atoms with Gasteiger partial charge in [-0.3, -0.25) is 19.6 Å². The number of nitrogens with one attached hydrogen (secondary N) is 2. The van der Waals surface area contributed by atoms with Crippen molar-refractivity contribution in [1.29, 1.82) is 0 Å². The van der Waals surface area contributed by atoms with E-state index in [0.29, 0.717) is 32.5 Å². The molecule has 1 saturated carbocycles. The fraction of sp³-hybridized carbons (Fsp3) is 0.880. The maximum Gasteiger partial charge on any atom is 0.410 e. The van der Waals surface area contributed by atoms with Gasteiger partial charge in [-0.2, -0.15) is 0 Å². The normalized spacial score (nSPS) is 42.6. The summed E-state index contributed by atoms with van der Waals surface area (Å²) in [6.45, 7) is 8.30. The van der Waals surface area contributed by atoms with Crippen LogP contribution in [0.1, 0.15) is 46.0 Å². The van der Waals surface area contributed by atoms with E-state index in [9.17, 15) is 14.0 Å². The van der Waals surface area contributed by atoms with Gasteiger partial charge in [-0.25, -0.2) is 9.18 Å². The summed E-state index contributed by atoms with van der Waals surface area (Å²) in [5.74, 6) is -0.950. The van der Waals surface area contributed by atoms with Crippen LogP contribution in [-0.2, 0) is 9.53 Å². The molecule has 0 bridgehead atoms. The Morgan fingerprint density at radius 1 is 1.39 bits per heavy atom. The summed E-state index contributed by atoms with van der Waals surface area (Å²) in [6, 6.07) is -0.397. The molecule has 11 heteroatoms. The van der Waals surface area contributed by atoms with Gasteiger partial charge in [0.15, 0.2) is 0 Å². The standard InChI is InChI=1S/C25H42FN7O3/c1-3-25-9-17(30-10-15(26)8-24(25,2)14-25)20(21(27)28)22(34)31-18-11-29-5-4-19(18)32-6-7-33-16(12-32)13-36-23(33)35/h10,15-21,29H,3-9,11-14,27-28H2,1-2H3,(H,31,34)/b30-10-. The fourth-order valence-electron chi connectivity index (χ4n) is 7.49. The third-order valence-electron chi connectivity index (χ3n) is 9.77. The van der Waals surface area contributed by atoms with Crippen molar-refractivity contribution in [3.8, 4) is 0 Å². The zero-order chi connectivity index (χ0) is 25.7. The Labute approximate surface area is 212 Å². The highest BCUT2D eigenvalue weighted by atomic mass is 19.1. The molecule has 6 N–H and O–H groups in total. The lowest BCUT2D eigenvalue weighted by Crippen LogP contribution is -2.65. The highest BCUT2D eigenvalue weighted by Crippen LogP contribution is 2.71. The van der Waals surface area contributed by atoms with Gasteiger partial charge in [0.25, 0.3) is 0 Å². The predicted octanol–water partition coefficient (Wildman–Crippen LogP) is 0.207. The third-order valence-corrected chi connectivity index (χ3v) is 9.77. The summed E-state index contributed by atoms with van der Waals surface area (Å²) in [4.78, 5) is 34.4. The number of piperazine rings is 1. The second-order valence-corrected chi connectivity index (χ2v) is 11.9. The zero-order valence-corrected chi connectivity index (χ0v) is 21.5. The average Bonchev–Trinajstić information content (AvgIpc) is 3.20. The minimum absolute atomic E-state index is 0.0252. The molecule has 10 nitrogen and oxygen atoms in total. The first-order chi connectivity index (χ1) is 17.2. The number of halogens is 1. The molecule has 5 rings (SSSR count). The van der Waals surface area contributed by atoms with Gasteiger partial charge in [-0.1, -0.05) is 13.8 Å². The molecule has 0 aromatic rings. The molecule has 4 aliphatic heterocycles. The van der Waals surface area contributed by atoms with Crippen molar-refractivity contribution in [3.05, 3.63) is 0 Å². The SMILES string of the molecule is CCC12CC(C(C(=O)NC3CNCCC3N3CCN4C(=O)OCC4C3)C(N)N)/N=C\C(F)CC1(C)C2. The van der Waals surface area contributed by atoms with Crippen LogP contribution in [0, 0.1) is 16.7 Å². The Balaban J connectivity index is 1.30. The monoisotopic (exact) mass is 507 g/mol. The van der Waals surface area contributed by atoms with E-state index < -0.39 is 24.3 Å². The molecule has 1 aliphatic carbocycles. The molecule has 8 atom stereocenters. The molecule has 0 radical (unpaired) electrons. The lowest BCUT2D eigenvalue weighted by atomic mass is 9.78. The molecule has 3 saturated heterocycles. The molecule has 5 aliphatic rings. The lowest BCUT2D eigenvalue weighted by molar-refractivity contribution is -0.128. The van der Waals surface area contributed by atoms with Crippen molar-refractivity contribution >= 4 is 18.2 Å². The van der Waals surface area contributed by atoms with Gasteiger partial charge in [-0.05, 0) is 49.5 Å². The van der Waals surface area contributed by atoms with Gasteiger partial charge in [0, 0.05) is 38.4 Å². The molecule has 4 fully saturated rings. The van der Waals surface area contributed by atoms with E-state index in [1.54, 1.807) is 4.90 Å². The van der Waals surface area contributed by atoms with Crippen molar-refractivity contribution < 1.29 is 18.7 Å². The van der Waals surface area contributed by atoms with E-state index in [4.69, 9.17) is 16.2 Å². The summed E-state index contributed by atoms with van der Waals surface area (Å²) < 4.78 is 19.9. The second kappa shape index (κ2) is 9.81. The summed E-state index contributed by atoms with van der Waals surface area (Å²) in [5.41, 5.74) is 12.3. The predicted molar refractivity (Wildman–Crippen MR) is 134 cm³/mol. The van der Waals surface area contributed by atoms with Crippen LogP contribution in [0.25, 0.3) is 0 Å². The lowest BCUT2D eigenvalue weighted by Gasteiger charge is -2.45. The first kappa shape index (κ1) is 25.8. The number of piperidine rings is 1. The van der Waals surface area contributed by atoms with Crippen LogP contribution in [0.2, 0.25) is 0 Å². The van der Waals surface area contributed by atoms with Gasteiger partial charge in [-0.15, -0.1) is 0 Å². The van der Waals surface area contributed by atoms with Crippen LogP contribution in [-0.4, -0.2) is 104 Å². The molecular weight excluding hydrogens is 465 g/mol. The number of cyclic esters (lactones) is 1. The Hall–Kier alpha value is -1.82. The Morgan fingerprint density at radius 3 is 2.94 bits per heavy atom. The summed E-state index contributed by atoms with van der Waals surface area (Å²) in [5, 5.41) is 6.64. The van der Waals surface area contributed by atoms with Crippen molar-refractivity contribution in [2.75, 3.05) is 39.3 Å². The minimum Gasteiger partial charge on any atom is -0.447 e. The van der Waals surface area contributed by atoms with Crippen LogP contribution in [0.4, 0.5) is 9.18 Å². The summed E-state index contributed by atoms with van der Waals surface area (Å²) in [6.07, 6.45) is 3.02. The number of rotatable bonds is 6. The molecule has 2 amide bonds. The van der Waals surface area contributed by atoms with E-state index in [-0.39, 0.29) is 41.0 Å². The molecule has 4 heterocycles. The number of nitrogens with two attached hydrogens (primary N) is 2. The van der Waals surface area contributed by atoms with Crippen LogP contribution >= 0.6 is 0 Å². The Kier molecular flexibility index (Phi) is 7.03. The molecule has 0 aromatic carbocycles. The first-order valence-corrected chi connectivity index (χ1v) is 13.5.